The predicted octanol–water partition coefficient (Wildman–Crippen LogP) is 4.21. The van der Waals surface area contributed by atoms with Gasteiger partial charge < -0.3 is 5.32 Å². The molecule has 0 amide bonds. The smallest absolute Gasteiger partial charge is 0.354 e. The molecule has 7 heteroatoms. The average Bonchev–Trinajstić information content (AvgIpc) is 2.34. The zero-order valence-corrected chi connectivity index (χ0v) is 11.9. The van der Waals surface area contributed by atoms with Crippen LogP contribution in [0.15, 0.2) is 11.1 Å². The molecule has 0 saturated heterocycles. The van der Waals surface area contributed by atoms with Gasteiger partial charge in [-0.15, -0.1) is 11.8 Å². The van der Waals surface area contributed by atoms with E-state index in [9.17, 15) is 13.2 Å². The number of rotatable bonds is 7. The summed E-state index contributed by atoms with van der Waals surface area (Å²) in [6.45, 7) is 4.36. The quantitative estimate of drug-likeness (QED) is 0.464. The summed E-state index contributed by atoms with van der Waals surface area (Å²) in [5, 5.41) is 3.10. The molecule has 1 aromatic heterocycles. The molecular formula is C12H18F3N3S. The normalized spacial score (nSPS) is 11.6. The zero-order chi connectivity index (χ0) is 14.3. The van der Waals surface area contributed by atoms with Crippen LogP contribution in [0.25, 0.3) is 0 Å². The SMILES string of the molecule is CCCCCSc1cc(C(F)(F)F)nc(NCC)n1. The third-order valence-electron chi connectivity index (χ3n) is 2.33. The highest BCUT2D eigenvalue weighted by atomic mass is 32.2. The van der Waals surface area contributed by atoms with Gasteiger partial charge in [0.2, 0.25) is 5.95 Å². The van der Waals surface area contributed by atoms with Crippen LogP contribution < -0.4 is 5.32 Å². The lowest BCUT2D eigenvalue weighted by Gasteiger charge is -2.10. The molecule has 1 rings (SSSR count). The van der Waals surface area contributed by atoms with Crippen LogP contribution in [0, 0.1) is 0 Å². The molecule has 0 aliphatic carbocycles. The summed E-state index contributed by atoms with van der Waals surface area (Å²) in [6, 6.07) is 1.01. The molecule has 0 aliphatic rings. The van der Waals surface area contributed by atoms with E-state index in [1.54, 1.807) is 6.92 Å². The van der Waals surface area contributed by atoms with Crippen molar-refractivity contribution in [3.63, 3.8) is 0 Å². The molecule has 0 spiro atoms. The van der Waals surface area contributed by atoms with Gasteiger partial charge in [-0.25, -0.2) is 9.97 Å². The Morgan fingerprint density at radius 3 is 2.53 bits per heavy atom. The number of hydrogen-bond acceptors (Lipinski definition) is 4. The number of anilines is 1. The van der Waals surface area contributed by atoms with Crippen LogP contribution in [-0.2, 0) is 6.18 Å². The molecule has 0 aromatic carbocycles. The van der Waals surface area contributed by atoms with Crippen LogP contribution in [0.5, 0.6) is 0 Å². The average molecular weight is 293 g/mol. The van der Waals surface area contributed by atoms with Crippen LogP contribution in [0.2, 0.25) is 0 Å². The molecule has 1 aromatic rings. The summed E-state index contributed by atoms with van der Waals surface area (Å²) < 4.78 is 38.1. The molecule has 1 heterocycles. The van der Waals surface area contributed by atoms with Gasteiger partial charge >= 0.3 is 6.18 Å². The van der Waals surface area contributed by atoms with Crippen molar-refractivity contribution in [2.75, 3.05) is 17.6 Å². The van der Waals surface area contributed by atoms with Crippen molar-refractivity contribution >= 4 is 17.7 Å². The Balaban J connectivity index is 2.81. The van der Waals surface area contributed by atoms with Crippen LogP contribution in [0.3, 0.4) is 0 Å². The second kappa shape index (κ2) is 7.57. The van der Waals surface area contributed by atoms with Gasteiger partial charge in [0.1, 0.15) is 5.03 Å². The fourth-order valence-electron chi connectivity index (χ4n) is 1.41. The maximum absolute atomic E-state index is 12.7. The van der Waals surface area contributed by atoms with Gasteiger partial charge in [0.05, 0.1) is 0 Å². The van der Waals surface area contributed by atoms with Gasteiger partial charge in [0.15, 0.2) is 5.69 Å². The highest BCUT2D eigenvalue weighted by molar-refractivity contribution is 7.99. The van der Waals surface area contributed by atoms with Gasteiger partial charge in [-0.2, -0.15) is 13.2 Å². The minimum atomic E-state index is -4.44. The van der Waals surface area contributed by atoms with Crippen LogP contribution in [-0.4, -0.2) is 22.3 Å². The molecule has 0 radical (unpaired) electrons. The number of nitrogens with one attached hydrogen (secondary N) is 1. The monoisotopic (exact) mass is 293 g/mol. The van der Waals surface area contributed by atoms with Crippen LogP contribution in [0.4, 0.5) is 19.1 Å². The molecule has 0 atom stereocenters. The summed E-state index contributed by atoms with van der Waals surface area (Å²) in [5.74, 6) is 0.809. The first kappa shape index (κ1) is 16.1. The first-order valence-corrected chi connectivity index (χ1v) is 7.28. The highest BCUT2D eigenvalue weighted by Crippen LogP contribution is 2.31. The van der Waals surface area contributed by atoms with Gasteiger partial charge in [-0.3, -0.25) is 0 Å². The fourth-order valence-corrected chi connectivity index (χ4v) is 2.31. The molecule has 0 aliphatic heterocycles. The summed E-state index contributed by atoms with van der Waals surface area (Å²) in [7, 11) is 0. The van der Waals surface area contributed by atoms with Crippen molar-refractivity contribution in [3.05, 3.63) is 11.8 Å². The van der Waals surface area contributed by atoms with E-state index in [2.05, 4.69) is 22.2 Å². The van der Waals surface area contributed by atoms with E-state index in [-0.39, 0.29) is 5.95 Å². The third kappa shape index (κ3) is 5.67. The Bertz CT molecular complexity index is 396. The minimum absolute atomic E-state index is 0.0373. The molecule has 0 unspecified atom stereocenters. The first-order valence-electron chi connectivity index (χ1n) is 6.30. The van der Waals surface area contributed by atoms with Gasteiger partial charge in [-0.1, -0.05) is 19.8 Å². The number of alkyl halides is 3. The minimum Gasteiger partial charge on any atom is -0.354 e. The van der Waals surface area contributed by atoms with Crippen molar-refractivity contribution in [2.24, 2.45) is 0 Å². The second-order valence-electron chi connectivity index (χ2n) is 4.00. The van der Waals surface area contributed by atoms with E-state index < -0.39 is 11.9 Å². The molecule has 3 nitrogen and oxygen atoms in total. The lowest BCUT2D eigenvalue weighted by atomic mass is 10.3. The Hall–Kier alpha value is -0.980. The molecule has 108 valence electrons. The van der Waals surface area contributed by atoms with E-state index >= 15 is 0 Å². The molecule has 0 bridgehead atoms. The third-order valence-corrected chi connectivity index (χ3v) is 3.32. The molecule has 19 heavy (non-hydrogen) atoms. The summed E-state index contributed by atoms with van der Waals surface area (Å²) in [4.78, 5) is 7.55. The van der Waals surface area contributed by atoms with Gasteiger partial charge in [0.25, 0.3) is 0 Å². The van der Waals surface area contributed by atoms with Gasteiger partial charge in [0, 0.05) is 12.6 Å². The van der Waals surface area contributed by atoms with Crippen molar-refractivity contribution in [3.8, 4) is 0 Å². The van der Waals surface area contributed by atoms with Crippen molar-refractivity contribution < 1.29 is 13.2 Å². The Morgan fingerprint density at radius 1 is 1.21 bits per heavy atom. The standard InChI is InChI=1S/C12H18F3N3S/c1-3-5-6-7-19-10-8-9(12(13,14)15)17-11(18-10)16-4-2/h8H,3-7H2,1-2H3,(H,16,17,18). The highest BCUT2D eigenvalue weighted by Gasteiger charge is 2.33. The van der Waals surface area contributed by atoms with Crippen LogP contribution >= 0.6 is 11.8 Å². The predicted molar refractivity (Wildman–Crippen MR) is 71.4 cm³/mol. The largest absolute Gasteiger partial charge is 0.433 e. The summed E-state index contributed by atoms with van der Waals surface area (Å²) in [5.41, 5.74) is -0.892. The Kier molecular flexibility index (Phi) is 6.41. The van der Waals surface area contributed by atoms with Gasteiger partial charge in [-0.05, 0) is 19.1 Å². The maximum Gasteiger partial charge on any atom is 0.433 e. The molecule has 0 saturated carbocycles. The number of nitrogens with zero attached hydrogens (tertiary/aromatic N) is 2. The van der Waals surface area contributed by atoms with Crippen molar-refractivity contribution in [1.82, 2.24) is 9.97 Å². The molecule has 0 fully saturated rings. The van der Waals surface area contributed by atoms with Crippen molar-refractivity contribution in [2.45, 2.75) is 44.3 Å². The summed E-state index contributed by atoms with van der Waals surface area (Å²) in [6.07, 6.45) is -1.31. The topological polar surface area (TPSA) is 37.8 Å². The lowest BCUT2D eigenvalue weighted by Crippen LogP contribution is -2.12. The Morgan fingerprint density at radius 2 is 1.95 bits per heavy atom. The lowest BCUT2D eigenvalue weighted by molar-refractivity contribution is -0.141. The zero-order valence-electron chi connectivity index (χ0n) is 11.0. The maximum atomic E-state index is 12.7. The second-order valence-corrected chi connectivity index (χ2v) is 5.11. The number of hydrogen-bond donors (Lipinski definition) is 1. The number of unbranched alkanes of at least 4 members (excludes halogenated alkanes) is 2. The Labute approximate surface area is 115 Å². The summed E-state index contributed by atoms with van der Waals surface area (Å²) >= 11 is 1.34. The van der Waals surface area contributed by atoms with Crippen molar-refractivity contribution in [1.29, 1.82) is 0 Å². The van der Waals surface area contributed by atoms with E-state index in [1.165, 1.54) is 11.8 Å². The van der Waals surface area contributed by atoms with E-state index in [0.717, 1.165) is 31.1 Å². The molecule has 1 N–H and O–H groups in total. The number of thioether (sulfide) groups is 1. The fraction of sp³-hybridized carbons (Fsp3) is 0.667. The number of halogens is 3. The van der Waals surface area contributed by atoms with E-state index in [4.69, 9.17) is 0 Å². The first-order chi connectivity index (χ1) is 8.97. The number of aromatic nitrogens is 2. The van der Waals surface area contributed by atoms with E-state index in [0.29, 0.717) is 11.6 Å². The van der Waals surface area contributed by atoms with E-state index in [1.807, 2.05) is 0 Å². The molecular weight excluding hydrogens is 275 g/mol. The van der Waals surface area contributed by atoms with Crippen LogP contribution in [0.1, 0.15) is 38.8 Å².